The number of hydrogen-bond acceptors (Lipinski definition) is 2. The Hall–Kier alpha value is 0.0700. The van der Waals surface area contributed by atoms with Gasteiger partial charge in [0.1, 0.15) is 0 Å². The van der Waals surface area contributed by atoms with E-state index in [1.165, 1.54) is 7.11 Å². The molecular formula is C9H16ClF2NO. The van der Waals surface area contributed by atoms with E-state index in [1.54, 1.807) is 0 Å². The molecular weight excluding hydrogens is 212 g/mol. The van der Waals surface area contributed by atoms with Gasteiger partial charge in [-0.05, 0) is 19.4 Å². The van der Waals surface area contributed by atoms with Crippen molar-refractivity contribution < 1.29 is 13.5 Å². The molecule has 0 aromatic heterocycles. The second-order valence-corrected chi connectivity index (χ2v) is 4.07. The monoisotopic (exact) mass is 227 g/mol. The quantitative estimate of drug-likeness (QED) is 0.775. The lowest BCUT2D eigenvalue weighted by molar-refractivity contribution is 0.0415. The van der Waals surface area contributed by atoms with Crippen LogP contribution in [0, 0.1) is 11.3 Å². The molecule has 1 saturated carbocycles. The molecule has 2 atom stereocenters. The molecule has 1 aliphatic carbocycles. The second-order valence-electron chi connectivity index (χ2n) is 4.07. The third kappa shape index (κ3) is 1.44. The van der Waals surface area contributed by atoms with Gasteiger partial charge in [0, 0.05) is 13.7 Å². The average Bonchev–Trinajstić information content (AvgIpc) is 2.54. The second kappa shape index (κ2) is 3.91. The Morgan fingerprint density at radius 3 is 2.71 bits per heavy atom. The number of rotatable bonds is 2. The number of halogens is 3. The molecule has 1 spiro atoms. The van der Waals surface area contributed by atoms with Crippen molar-refractivity contribution in [2.24, 2.45) is 11.3 Å². The summed E-state index contributed by atoms with van der Waals surface area (Å²) >= 11 is 0. The summed E-state index contributed by atoms with van der Waals surface area (Å²) in [6.45, 7) is 1.51. The normalized spacial score (nSPS) is 39.2. The van der Waals surface area contributed by atoms with E-state index in [1.807, 2.05) is 0 Å². The lowest BCUT2D eigenvalue weighted by atomic mass is 9.93. The van der Waals surface area contributed by atoms with Crippen molar-refractivity contribution in [3.8, 4) is 0 Å². The van der Waals surface area contributed by atoms with Gasteiger partial charge >= 0.3 is 0 Å². The Bertz CT molecular complexity index is 207. The lowest BCUT2D eigenvalue weighted by Crippen LogP contribution is -2.35. The van der Waals surface area contributed by atoms with Crippen LogP contribution in [0.15, 0.2) is 0 Å². The van der Waals surface area contributed by atoms with Crippen LogP contribution in [0.4, 0.5) is 8.78 Å². The molecule has 1 saturated heterocycles. The van der Waals surface area contributed by atoms with Crippen LogP contribution >= 0.6 is 12.4 Å². The smallest absolute Gasteiger partial charge is 0.261 e. The van der Waals surface area contributed by atoms with E-state index >= 15 is 0 Å². The van der Waals surface area contributed by atoms with Crippen molar-refractivity contribution in [3.05, 3.63) is 0 Å². The standard InChI is InChI=1S/C9H15F2NO.ClH/c1-13-5-7-8(9(7,10)11)3-2-4-12-6-8;/h7,12H,2-6H2,1H3;1H. The Labute approximate surface area is 88.8 Å². The van der Waals surface area contributed by atoms with Gasteiger partial charge in [0.25, 0.3) is 5.92 Å². The van der Waals surface area contributed by atoms with Gasteiger partial charge in [-0.15, -0.1) is 12.4 Å². The van der Waals surface area contributed by atoms with Crippen molar-refractivity contribution in [2.75, 3.05) is 26.8 Å². The van der Waals surface area contributed by atoms with Gasteiger partial charge in [0.2, 0.25) is 0 Å². The fraction of sp³-hybridized carbons (Fsp3) is 1.00. The third-order valence-corrected chi connectivity index (χ3v) is 3.44. The Morgan fingerprint density at radius 2 is 2.21 bits per heavy atom. The molecule has 2 fully saturated rings. The van der Waals surface area contributed by atoms with Crippen LogP contribution in [0.2, 0.25) is 0 Å². The molecule has 2 aliphatic rings. The number of ether oxygens (including phenoxy) is 1. The Morgan fingerprint density at radius 1 is 1.50 bits per heavy atom. The minimum Gasteiger partial charge on any atom is -0.384 e. The number of piperidine rings is 1. The fourth-order valence-corrected chi connectivity index (χ4v) is 2.53. The highest BCUT2D eigenvalue weighted by atomic mass is 35.5. The van der Waals surface area contributed by atoms with Crippen LogP contribution in [-0.2, 0) is 4.74 Å². The van der Waals surface area contributed by atoms with E-state index in [4.69, 9.17) is 4.74 Å². The molecule has 0 bridgehead atoms. The molecule has 0 aromatic rings. The topological polar surface area (TPSA) is 21.3 Å². The summed E-state index contributed by atoms with van der Waals surface area (Å²) in [7, 11) is 1.48. The number of hydrogen-bond donors (Lipinski definition) is 1. The summed E-state index contributed by atoms with van der Waals surface area (Å²) in [5.41, 5.74) is -0.777. The first kappa shape index (κ1) is 12.1. The van der Waals surface area contributed by atoms with E-state index < -0.39 is 17.3 Å². The molecule has 0 aromatic carbocycles. The van der Waals surface area contributed by atoms with Crippen LogP contribution < -0.4 is 5.32 Å². The van der Waals surface area contributed by atoms with Crippen LogP contribution in [0.1, 0.15) is 12.8 Å². The summed E-state index contributed by atoms with van der Waals surface area (Å²) in [5, 5.41) is 3.05. The number of methoxy groups -OCH3 is 1. The summed E-state index contributed by atoms with van der Waals surface area (Å²) < 4.78 is 31.6. The molecule has 2 rings (SSSR count). The highest BCUT2D eigenvalue weighted by Crippen LogP contribution is 2.68. The van der Waals surface area contributed by atoms with Gasteiger partial charge in [-0.25, -0.2) is 8.78 Å². The number of nitrogens with one attached hydrogen (secondary N) is 1. The maximum Gasteiger partial charge on any atom is 0.261 e. The zero-order chi connectivity index (χ0) is 9.53. The van der Waals surface area contributed by atoms with E-state index in [-0.39, 0.29) is 19.0 Å². The van der Waals surface area contributed by atoms with Crippen molar-refractivity contribution in [1.82, 2.24) is 5.32 Å². The zero-order valence-electron chi connectivity index (χ0n) is 8.19. The molecule has 5 heteroatoms. The van der Waals surface area contributed by atoms with Gasteiger partial charge in [-0.2, -0.15) is 0 Å². The zero-order valence-corrected chi connectivity index (χ0v) is 9.00. The average molecular weight is 228 g/mol. The van der Waals surface area contributed by atoms with Gasteiger partial charge in [-0.3, -0.25) is 0 Å². The Balaban J connectivity index is 0.000000980. The fourth-order valence-electron chi connectivity index (χ4n) is 2.53. The highest BCUT2D eigenvalue weighted by Gasteiger charge is 2.79. The number of alkyl halides is 2. The van der Waals surface area contributed by atoms with Crippen LogP contribution in [0.3, 0.4) is 0 Å². The maximum absolute atomic E-state index is 13.4. The minimum atomic E-state index is -2.50. The van der Waals surface area contributed by atoms with E-state index in [9.17, 15) is 8.78 Å². The first-order chi connectivity index (χ1) is 6.15. The molecule has 2 nitrogen and oxygen atoms in total. The van der Waals surface area contributed by atoms with Gasteiger partial charge in [-0.1, -0.05) is 0 Å². The van der Waals surface area contributed by atoms with Crippen molar-refractivity contribution in [1.29, 1.82) is 0 Å². The van der Waals surface area contributed by atoms with Crippen LogP contribution in [0.5, 0.6) is 0 Å². The first-order valence-corrected chi connectivity index (χ1v) is 4.72. The molecule has 84 valence electrons. The van der Waals surface area contributed by atoms with Crippen LogP contribution in [0.25, 0.3) is 0 Å². The molecule has 1 heterocycles. The van der Waals surface area contributed by atoms with Gasteiger partial charge < -0.3 is 10.1 Å². The van der Waals surface area contributed by atoms with Crippen LogP contribution in [-0.4, -0.2) is 32.7 Å². The Kier molecular flexibility index (Phi) is 3.39. The maximum atomic E-state index is 13.4. The molecule has 2 unspecified atom stereocenters. The van der Waals surface area contributed by atoms with Crippen molar-refractivity contribution in [3.63, 3.8) is 0 Å². The summed E-state index contributed by atoms with van der Waals surface area (Å²) in [4.78, 5) is 0. The highest BCUT2D eigenvalue weighted by molar-refractivity contribution is 5.85. The molecule has 0 amide bonds. The molecule has 14 heavy (non-hydrogen) atoms. The largest absolute Gasteiger partial charge is 0.384 e. The first-order valence-electron chi connectivity index (χ1n) is 4.72. The van der Waals surface area contributed by atoms with Crippen molar-refractivity contribution >= 4 is 12.4 Å². The lowest BCUT2D eigenvalue weighted by Gasteiger charge is -2.22. The van der Waals surface area contributed by atoms with Crippen molar-refractivity contribution in [2.45, 2.75) is 18.8 Å². The summed E-state index contributed by atoms with van der Waals surface area (Å²) in [6.07, 6.45) is 1.50. The molecule has 0 radical (unpaired) electrons. The predicted molar refractivity (Wildman–Crippen MR) is 52.1 cm³/mol. The van der Waals surface area contributed by atoms with E-state index in [0.29, 0.717) is 13.0 Å². The summed E-state index contributed by atoms with van der Waals surface area (Å²) in [5.74, 6) is -3.06. The summed E-state index contributed by atoms with van der Waals surface area (Å²) in [6, 6.07) is 0. The van der Waals surface area contributed by atoms with Gasteiger partial charge in [0.05, 0.1) is 17.9 Å². The minimum absolute atomic E-state index is 0. The van der Waals surface area contributed by atoms with Gasteiger partial charge in [0.15, 0.2) is 0 Å². The van der Waals surface area contributed by atoms with E-state index in [2.05, 4.69) is 5.32 Å². The van der Waals surface area contributed by atoms with E-state index in [0.717, 1.165) is 13.0 Å². The molecule has 1 N–H and O–H groups in total. The third-order valence-electron chi connectivity index (χ3n) is 3.44. The predicted octanol–water partition coefficient (Wildman–Crippen LogP) is 1.69. The molecule has 1 aliphatic heterocycles. The SMILES string of the molecule is COCC1C(F)(F)C12CCCNC2.Cl.